The third-order valence-corrected chi connectivity index (χ3v) is 4.18. The Morgan fingerprint density at radius 3 is 2.86 bits per heavy atom. The second-order valence-electron chi connectivity index (χ2n) is 5.39. The van der Waals surface area contributed by atoms with Crippen LogP contribution >= 0.6 is 0 Å². The van der Waals surface area contributed by atoms with E-state index in [1.807, 2.05) is 0 Å². The van der Waals surface area contributed by atoms with E-state index in [-0.39, 0.29) is 23.9 Å². The van der Waals surface area contributed by atoms with Crippen molar-refractivity contribution in [2.75, 3.05) is 6.61 Å². The summed E-state index contributed by atoms with van der Waals surface area (Å²) < 4.78 is 21.3. The molecule has 6 N–H and O–H groups in total. The standard InChI is InChI=1S/C12H18FN5O4/c1-2-12(4-19)8(20)6(13)7(22-12)5-3-15-9-10(21)16-11(14)17-18(5)9/h3,6-8,10,19-21H,2,4H2,1H3,(H3,14,16,17)/t6-,7-,8-,10?,12+/m0/s1. The van der Waals surface area contributed by atoms with E-state index in [0.717, 1.165) is 0 Å². The molecule has 1 aromatic rings. The average Bonchev–Trinajstić information content (AvgIpc) is 3.01. The Bertz CT molecular complexity index is 602. The van der Waals surface area contributed by atoms with Gasteiger partial charge in [-0.2, -0.15) is 0 Å². The first-order valence-corrected chi connectivity index (χ1v) is 6.91. The molecule has 10 heteroatoms. The lowest BCUT2D eigenvalue weighted by Crippen LogP contribution is -2.44. The number of nitrogens with zero attached hydrogens (tertiary/aromatic N) is 3. The molecule has 5 atom stereocenters. The van der Waals surface area contributed by atoms with Crippen LogP contribution in [0.3, 0.4) is 0 Å². The van der Waals surface area contributed by atoms with Crippen LogP contribution in [0.25, 0.3) is 0 Å². The fourth-order valence-corrected chi connectivity index (χ4v) is 2.81. The maximum atomic E-state index is 14.5. The van der Waals surface area contributed by atoms with Gasteiger partial charge in [0.15, 0.2) is 18.2 Å². The topological polar surface area (TPSA) is 138 Å². The van der Waals surface area contributed by atoms with Gasteiger partial charge in [0.05, 0.1) is 18.5 Å². The highest BCUT2D eigenvalue weighted by atomic mass is 19.1. The van der Waals surface area contributed by atoms with Gasteiger partial charge in [0, 0.05) is 0 Å². The predicted octanol–water partition coefficient (Wildman–Crippen LogP) is -1.53. The normalized spacial score (nSPS) is 37.6. The molecule has 3 heterocycles. The van der Waals surface area contributed by atoms with Crippen LogP contribution in [-0.2, 0) is 4.74 Å². The fourth-order valence-electron chi connectivity index (χ4n) is 2.81. The lowest BCUT2D eigenvalue weighted by atomic mass is 9.93. The molecule has 0 aromatic carbocycles. The highest BCUT2D eigenvalue weighted by molar-refractivity contribution is 5.78. The number of nitrogens with two attached hydrogens (primary N) is 1. The summed E-state index contributed by atoms with van der Waals surface area (Å²) in [5.41, 5.74) is 4.36. The maximum Gasteiger partial charge on any atom is 0.214 e. The second-order valence-corrected chi connectivity index (χ2v) is 5.39. The molecular formula is C12H18FN5O4. The van der Waals surface area contributed by atoms with E-state index in [1.54, 1.807) is 6.92 Å². The monoisotopic (exact) mass is 315 g/mol. The third kappa shape index (κ3) is 1.99. The summed E-state index contributed by atoms with van der Waals surface area (Å²) in [7, 11) is 0. The minimum Gasteiger partial charge on any atom is -0.393 e. The van der Waals surface area contributed by atoms with Crippen molar-refractivity contribution in [1.29, 1.82) is 0 Å². The van der Waals surface area contributed by atoms with Crippen molar-refractivity contribution >= 4 is 5.96 Å². The van der Waals surface area contributed by atoms with Crippen LogP contribution in [0.1, 0.15) is 37.2 Å². The molecule has 1 unspecified atom stereocenters. The molecule has 0 amide bonds. The summed E-state index contributed by atoms with van der Waals surface area (Å²) in [6, 6.07) is 0. The Balaban J connectivity index is 2.00. The molecule has 0 spiro atoms. The van der Waals surface area contributed by atoms with Gasteiger partial charge in [0.2, 0.25) is 5.96 Å². The van der Waals surface area contributed by atoms with Gasteiger partial charge in [-0.3, -0.25) is 0 Å². The number of fused-ring (bicyclic) bond motifs is 1. The molecule has 0 bridgehead atoms. The first kappa shape index (κ1) is 15.2. The zero-order chi connectivity index (χ0) is 16.1. The minimum absolute atomic E-state index is 0.0582. The summed E-state index contributed by atoms with van der Waals surface area (Å²) in [6.07, 6.45) is -4.06. The third-order valence-electron chi connectivity index (χ3n) is 4.18. The molecule has 9 nitrogen and oxygen atoms in total. The number of ether oxygens (including phenoxy) is 1. The number of rotatable bonds is 3. The van der Waals surface area contributed by atoms with Crippen LogP contribution in [0, 0.1) is 0 Å². The van der Waals surface area contributed by atoms with E-state index in [1.165, 1.54) is 10.9 Å². The van der Waals surface area contributed by atoms with Gasteiger partial charge in [0.25, 0.3) is 0 Å². The highest BCUT2D eigenvalue weighted by Gasteiger charge is 2.55. The molecular weight excluding hydrogens is 297 g/mol. The SMILES string of the molecule is CC[C@]1(CO)O[C@@H](c2cnc3n2N=C(N)NC3O)[C@H](F)[C@@H]1O. The number of nitrogens with one attached hydrogen (secondary N) is 1. The molecule has 1 aromatic heterocycles. The summed E-state index contributed by atoms with van der Waals surface area (Å²) in [5.74, 6) is 0.0737. The first-order valence-electron chi connectivity index (χ1n) is 6.91. The summed E-state index contributed by atoms with van der Waals surface area (Å²) in [5, 5.41) is 35.8. The number of aliphatic hydroxyl groups excluding tert-OH is 3. The van der Waals surface area contributed by atoms with Gasteiger partial charge in [-0.25, -0.2) is 14.1 Å². The van der Waals surface area contributed by atoms with Gasteiger partial charge >= 0.3 is 0 Å². The zero-order valence-corrected chi connectivity index (χ0v) is 11.8. The summed E-state index contributed by atoms with van der Waals surface area (Å²) in [6.45, 7) is 1.17. The zero-order valence-electron chi connectivity index (χ0n) is 11.8. The van der Waals surface area contributed by atoms with Gasteiger partial charge in [-0.15, -0.1) is 5.10 Å². The number of halogens is 1. The first-order chi connectivity index (χ1) is 10.4. The van der Waals surface area contributed by atoms with Crippen LogP contribution in [-0.4, -0.2) is 55.4 Å². The van der Waals surface area contributed by atoms with Gasteiger partial charge in [0.1, 0.15) is 17.8 Å². The van der Waals surface area contributed by atoms with Gasteiger partial charge in [-0.05, 0) is 6.42 Å². The Kier molecular flexibility index (Phi) is 3.56. The van der Waals surface area contributed by atoms with E-state index >= 15 is 0 Å². The number of aliphatic hydroxyl groups is 3. The largest absolute Gasteiger partial charge is 0.393 e. The molecule has 2 aliphatic heterocycles. The molecule has 1 fully saturated rings. The summed E-state index contributed by atoms with van der Waals surface area (Å²) in [4.78, 5) is 3.97. The van der Waals surface area contributed by atoms with Crippen molar-refractivity contribution in [3.8, 4) is 0 Å². The average molecular weight is 315 g/mol. The predicted molar refractivity (Wildman–Crippen MR) is 72.2 cm³/mol. The lowest BCUT2D eigenvalue weighted by Gasteiger charge is -2.28. The second kappa shape index (κ2) is 5.16. The quantitative estimate of drug-likeness (QED) is 0.456. The number of hydrogen-bond donors (Lipinski definition) is 5. The van der Waals surface area contributed by atoms with E-state index in [4.69, 9.17) is 10.5 Å². The molecule has 122 valence electrons. The molecule has 0 radical (unpaired) electrons. The number of aromatic nitrogens is 2. The van der Waals surface area contributed by atoms with Crippen LogP contribution < -0.4 is 11.1 Å². The van der Waals surface area contributed by atoms with Crippen molar-refractivity contribution in [2.45, 2.75) is 43.6 Å². The molecule has 1 saturated heterocycles. The van der Waals surface area contributed by atoms with E-state index in [0.29, 0.717) is 0 Å². The Labute approximate surface area is 125 Å². The van der Waals surface area contributed by atoms with Crippen molar-refractivity contribution in [1.82, 2.24) is 15.0 Å². The number of hydrogen-bond acceptors (Lipinski definition) is 8. The van der Waals surface area contributed by atoms with Crippen LogP contribution in [0.15, 0.2) is 11.3 Å². The lowest BCUT2D eigenvalue weighted by molar-refractivity contribution is -0.115. The molecule has 0 aliphatic carbocycles. The van der Waals surface area contributed by atoms with E-state index in [9.17, 15) is 19.7 Å². The summed E-state index contributed by atoms with van der Waals surface area (Å²) >= 11 is 0. The van der Waals surface area contributed by atoms with Crippen molar-refractivity contribution in [3.63, 3.8) is 0 Å². The van der Waals surface area contributed by atoms with Crippen molar-refractivity contribution < 1.29 is 24.4 Å². The molecule has 3 rings (SSSR count). The van der Waals surface area contributed by atoms with E-state index in [2.05, 4.69) is 15.4 Å². The Morgan fingerprint density at radius 1 is 1.55 bits per heavy atom. The molecule has 0 saturated carbocycles. The highest BCUT2D eigenvalue weighted by Crippen LogP contribution is 2.43. The van der Waals surface area contributed by atoms with Gasteiger partial charge < -0.3 is 31.1 Å². The number of guanidine groups is 1. The molecule has 2 aliphatic rings. The Hall–Kier alpha value is -1.75. The van der Waals surface area contributed by atoms with E-state index < -0.39 is 36.8 Å². The number of imidazole rings is 1. The van der Waals surface area contributed by atoms with Crippen LogP contribution in [0.4, 0.5) is 4.39 Å². The smallest absolute Gasteiger partial charge is 0.214 e. The fraction of sp³-hybridized carbons (Fsp3) is 0.667. The van der Waals surface area contributed by atoms with Crippen molar-refractivity contribution in [2.24, 2.45) is 10.8 Å². The van der Waals surface area contributed by atoms with Crippen LogP contribution in [0.5, 0.6) is 0 Å². The van der Waals surface area contributed by atoms with Crippen molar-refractivity contribution in [3.05, 3.63) is 17.7 Å². The maximum absolute atomic E-state index is 14.5. The Morgan fingerprint density at radius 2 is 2.27 bits per heavy atom. The van der Waals surface area contributed by atoms with Gasteiger partial charge in [-0.1, -0.05) is 6.92 Å². The minimum atomic E-state index is -1.77. The number of alkyl halides is 1. The molecule has 22 heavy (non-hydrogen) atoms. The van der Waals surface area contributed by atoms with Crippen LogP contribution in [0.2, 0.25) is 0 Å².